The van der Waals surface area contributed by atoms with Gasteiger partial charge >= 0.3 is 0 Å². The molecule has 3 heteroatoms. The van der Waals surface area contributed by atoms with Gasteiger partial charge in [-0.15, -0.1) is 11.6 Å². The fraction of sp³-hybridized carbons (Fsp3) is 0.909. The summed E-state index contributed by atoms with van der Waals surface area (Å²) in [6, 6.07) is 0. The number of carbonyl (C=O) groups excluding carboxylic acids is 1. The van der Waals surface area contributed by atoms with Crippen LogP contribution in [0.1, 0.15) is 41.5 Å². The molecule has 1 N–H and O–H groups in total. The molecule has 1 amide bonds. The molecule has 0 aromatic heterocycles. The molecule has 0 aliphatic rings. The lowest BCUT2D eigenvalue weighted by Gasteiger charge is -2.31. The molecule has 0 spiro atoms. The maximum Gasteiger partial charge on any atom is 0.223 e. The molecule has 0 bridgehead atoms. The molecule has 0 heterocycles. The largest absolute Gasteiger partial charge is 0.350 e. The van der Waals surface area contributed by atoms with Gasteiger partial charge in [-0.3, -0.25) is 4.79 Å². The number of rotatable bonds is 4. The first-order chi connectivity index (χ1) is 6.18. The Morgan fingerprint density at radius 2 is 1.64 bits per heavy atom. The van der Waals surface area contributed by atoms with E-state index in [1.807, 2.05) is 41.5 Å². The molecule has 0 radical (unpaired) electrons. The van der Waals surface area contributed by atoms with Gasteiger partial charge in [-0.05, 0) is 26.7 Å². The zero-order chi connectivity index (χ0) is 11.5. The zero-order valence-electron chi connectivity index (χ0n) is 10.0. The zero-order valence-corrected chi connectivity index (χ0v) is 10.8. The number of hydrogen-bond donors (Lipinski definition) is 1. The van der Waals surface area contributed by atoms with Gasteiger partial charge in [0.2, 0.25) is 5.91 Å². The summed E-state index contributed by atoms with van der Waals surface area (Å²) in [5, 5.41) is 2.89. The van der Waals surface area contributed by atoms with Gasteiger partial charge in [0.25, 0.3) is 0 Å². The van der Waals surface area contributed by atoms with Crippen molar-refractivity contribution in [2.45, 2.75) is 52.5 Å². The SMILES string of the molecule is CC(C)C(C)C(=O)NC(C)(C)C(C)Cl. The molecule has 0 rings (SSSR count). The highest BCUT2D eigenvalue weighted by Crippen LogP contribution is 2.17. The van der Waals surface area contributed by atoms with Crippen LogP contribution in [0.2, 0.25) is 0 Å². The fourth-order valence-corrected chi connectivity index (χ4v) is 0.888. The molecule has 84 valence electrons. The number of hydrogen-bond acceptors (Lipinski definition) is 1. The predicted octanol–water partition coefficient (Wildman–Crippen LogP) is 2.80. The van der Waals surface area contributed by atoms with E-state index in [1.165, 1.54) is 0 Å². The standard InChI is InChI=1S/C11H22ClNO/c1-7(2)8(3)10(14)13-11(5,6)9(4)12/h7-9H,1-6H3,(H,13,14). The molecule has 0 fully saturated rings. The Morgan fingerprint density at radius 1 is 1.21 bits per heavy atom. The first-order valence-corrected chi connectivity index (χ1v) is 5.58. The molecule has 14 heavy (non-hydrogen) atoms. The molecule has 2 unspecified atom stereocenters. The third-order valence-corrected chi connectivity index (χ3v) is 3.40. The summed E-state index contributed by atoms with van der Waals surface area (Å²) in [7, 11) is 0. The van der Waals surface area contributed by atoms with Crippen LogP contribution >= 0.6 is 11.6 Å². The molecular weight excluding hydrogens is 198 g/mol. The van der Waals surface area contributed by atoms with Crippen LogP contribution in [-0.4, -0.2) is 16.8 Å². The van der Waals surface area contributed by atoms with Gasteiger partial charge in [0, 0.05) is 5.92 Å². The highest BCUT2D eigenvalue weighted by molar-refractivity contribution is 6.21. The molecule has 2 atom stereocenters. The normalized spacial score (nSPS) is 16.6. The van der Waals surface area contributed by atoms with E-state index >= 15 is 0 Å². The van der Waals surface area contributed by atoms with Gasteiger partial charge in [-0.1, -0.05) is 20.8 Å². The van der Waals surface area contributed by atoms with Crippen LogP contribution < -0.4 is 5.32 Å². The Morgan fingerprint density at radius 3 is 1.93 bits per heavy atom. The summed E-state index contributed by atoms with van der Waals surface area (Å²) in [5.74, 6) is 0.471. The van der Waals surface area contributed by atoms with Crippen LogP contribution in [0.4, 0.5) is 0 Å². The van der Waals surface area contributed by atoms with Crippen molar-refractivity contribution in [3.8, 4) is 0 Å². The van der Waals surface area contributed by atoms with Crippen molar-refractivity contribution >= 4 is 17.5 Å². The van der Waals surface area contributed by atoms with Gasteiger partial charge in [-0.25, -0.2) is 0 Å². The van der Waals surface area contributed by atoms with E-state index in [0.717, 1.165) is 0 Å². The molecular formula is C11H22ClNO. The molecule has 0 aromatic carbocycles. The molecule has 2 nitrogen and oxygen atoms in total. The van der Waals surface area contributed by atoms with E-state index in [1.54, 1.807) is 0 Å². The fourth-order valence-electron chi connectivity index (χ4n) is 0.834. The van der Waals surface area contributed by atoms with Crippen molar-refractivity contribution in [2.24, 2.45) is 11.8 Å². The number of carbonyl (C=O) groups is 1. The van der Waals surface area contributed by atoms with Gasteiger partial charge in [0.15, 0.2) is 0 Å². The Bertz CT molecular complexity index is 199. The summed E-state index contributed by atoms with van der Waals surface area (Å²) >= 11 is 5.98. The predicted molar refractivity (Wildman–Crippen MR) is 61.5 cm³/mol. The Hall–Kier alpha value is -0.240. The summed E-state index contributed by atoms with van der Waals surface area (Å²) < 4.78 is 0. The Balaban J connectivity index is 4.32. The molecule has 0 saturated heterocycles. The first kappa shape index (κ1) is 13.8. The van der Waals surface area contributed by atoms with Crippen molar-refractivity contribution in [2.75, 3.05) is 0 Å². The lowest BCUT2D eigenvalue weighted by molar-refractivity contribution is -0.127. The lowest BCUT2D eigenvalue weighted by Crippen LogP contribution is -2.51. The first-order valence-electron chi connectivity index (χ1n) is 5.14. The van der Waals surface area contributed by atoms with Crippen LogP contribution in [0.5, 0.6) is 0 Å². The maximum absolute atomic E-state index is 11.7. The van der Waals surface area contributed by atoms with Crippen molar-refractivity contribution in [3.63, 3.8) is 0 Å². The van der Waals surface area contributed by atoms with Crippen molar-refractivity contribution in [3.05, 3.63) is 0 Å². The number of halogens is 1. The van der Waals surface area contributed by atoms with Gasteiger partial charge in [0.05, 0.1) is 10.9 Å². The van der Waals surface area contributed by atoms with Gasteiger partial charge in [-0.2, -0.15) is 0 Å². The Kier molecular flexibility index (Phi) is 4.93. The maximum atomic E-state index is 11.7. The average molecular weight is 220 g/mol. The summed E-state index contributed by atoms with van der Waals surface area (Å²) in [5.41, 5.74) is -0.345. The van der Waals surface area contributed by atoms with Crippen LogP contribution in [0.25, 0.3) is 0 Å². The van der Waals surface area contributed by atoms with E-state index in [4.69, 9.17) is 11.6 Å². The number of amides is 1. The van der Waals surface area contributed by atoms with Crippen LogP contribution in [0, 0.1) is 11.8 Å². The molecule has 0 saturated carbocycles. The van der Waals surface area contributed by atoms with Crippen LogP contribution in [0.15, 0.2) is 0 Å². The van der Waals surface area contributed by atoms with E-state index in [-0.39, 0.29) is 22.7 Å². The van der Waals surface area contributed by atoms with Crippen molar-refractivity contribution in [1.82, 2.24) is 5.32 Å². The minimum Gasteiger partial charge on any atom is -0.350 e. The third-order valence-electron chi connectivity index (χ3n) is 2.85. The molecule has 0 aromatic rings. The second-order valence-corrected chi connectivity index (χ2v) is 5.51. The summed E-state index contributed by atoms with van der Waals surface area (Å²) in [6.07, 6.45) is 0. The van der Waals surface area contributed by atoms with Crippen LogP contribution in [-0.2, 0) is 4.79 Å². The summed E-state index contributed by atoms with van der Waals surface area (Å²) in [6.45, 7) is 11.8. The molecule has 0 aliphatic heterocycles. The molecule has 0 aliphatic carbocycles. The second kappa shape index (κ2) is 5.01. The Labute approximate surface area is 92.4 Å². The van der Waals surface area contributed by atoms with Gasteiger partial charge in [0.1, 0.15) is 0 Å². The van der Waals surface area contributed by atoms with E-state index in [0.29, 0.717) is 5.92 Å². The second-order valence-electron chi connectivity index (χ2n) is 4.86. The quantitative estimate of drug-likeness (QED) is 0.724. The number of nitrogens with one attached hydrogen (secondary N) is 1. The van der Waals surface area contributed by atoms with E-state index in [9.17, 15) is 4.79 Å². The highest BCUT2D eigenvalue weighted by atomic mass is 35.5. The third kappa shape index (κ3) is 3.87. The van der Waals surface area contributed by atoms with Gasteiger partial charge < -0.3 is 5.32 Å². The number of alkyl halides is 1. The smallest absolute Gasteiger partial charge is 0.223 e. The van der Waals surface area contributed by atoms with Crippen molar-refractivity contribution < 1.29 is 4.79 Å². The van der Waals surface area contributed by atoms with Crippen molar-refractivity contribution in [1.29, 1.82) is 0 Å². The topological polar surface area (TPSA) is 29.1 Å². The minimum atomic E-state index is -0.345. The summed E-state index contributed by atoms with van der Waals surface area (Å²) in [4.78, 5) is 11.7. The lowest BCUT2D eigenvalue weighted by atomic mass is 9.94. The average Bonchev–Trinajstić information content (AvgIpc) is 2.01. The highest BCUT2D eigenvalue weighted by Gasteiger charge is 2.28. The van der Waals surface area contributed by atoms with E-state index < -0.39 is 0 Å². The van der Waals surface area contributed by atoms with Crippen LogP contribution in [0.3, 0.4) is 0 Å². The monoisotopic (exact) mass is 219 g/mol. The van der Waals surface area contributed by atoms with E-state index in [2.05, 4.69) is 5.32 Å². The minimum absolute atomic E-state index is 0.0321.